The summed E-state index contributed by atoms with van der Waals surface area (Å²) in [6.07, 6.45) is 4.90. The van der Waals surface area contributed by atoms with Crippen LogP contribution in [-0.4, -0.2) is 25.8 Å². The number of hydrogen-bond acceptors (Lipinski definition) is 3. The molecule has 2 heterocycles. The monoisotopic (exact) mass is 227 g/mol. The van der Waals surface area contributed by atoms with Gasteiger partial charge in [-0.25, -0.2) is 9.78 Å². The molecule has 84 valence electrons. The number of hydrogen-bond donors (Lipinski definition) is 1. The molecule has 0 bridgehead atoms. The second kappa shape index (κ2) is 4.94. The van der Waals surface area contributed by atoms with E-state index in [-0.39, 0.29) is 5.56 Å². The second-order valence-corrected chi connectivity index (χ2v) is 3.24. The van der Waals surface area contributed by atoms with Gasteiger partial charge in [-0.05, 0) is 24.1 Å². The number of carbonyl (C=O) groups is 1. The Hall–Kier alpha value is -2.61. The minimum atomic E-state index is -0.984. The molecule has 2 aromatic heterocycles. The normalized spacial score (nSPS) is 9.41. The largest absolute Gasteiger partial charge is 0.478 e. The number of nitrogens with zero attached hydrogens (tertiary/aromatic N) is 3. The van der Waals surface area contributed by atoms with Crippen LogP contribution in [-0.2, 0) is 6.54 Å². The molecule has 0 unspecified atom stereocenters. The van der Waals surface area contributed by atoms with E-state index in [2.05, 4.69) is 21.9 Å². The summed E-state index contributed by atoms with van der Waals surface area (Å²) >= 11 is 0. The van der Waals surface area contributed by atoms with Crippen molar-refractivity contribution in [2.75, 3.05) is 0 Å². The average Bonchev–Trinajstić information content (AvgIpc) is 2.82. The number of carboxylic acids is 1. The van der Waals surface area contributed by atoms with Gasteiger partial charge in [-0.1, -0.05) is 5.92 Å². The van der Waals surface area contributed by atoms with Crippen LogP contribution >= 0.6 is 0 Å². The molecule has 0 amide bonds. The third-order valence-corrected chi connectivity index (χ3v) is 2.02. The molecule has 17 heavy (non-hydrogen) atoms. The van der Waals surface area contributed by atoms with E-state index in [0.29, 0.717) is 12.2 Å². The van der Waals surface area contributed by atoms with Crippen LogP contribution in [0.15, 0.2) is 36.8 Å². The molecule has 5 nitrogen and oxygen atoms in total. The molecule has 5 heteroatoms. The van der Waals surface area contributed by atoms with Gasteiger partial charge in [-0.15, -0.1) is 0 Å². The van der Waals surface area contributed by atoms with Gasteiger partial charge in [0.2, 0.25) is 0 Å². The number of rotatable bonds is 2. The standard InChI is InChI=1S/C12H9N3O2/c16-12(17)10-4-6-13-11(9-10)3-1-7-15-8-2-5-14-15/h2,4-6,8-9H,7H2,(H,16,17). The fourth-order valence-electron chi connectivity index (χ4n) is 1.24. The van der Waals surface area contributed by atoms with Crippen molar-refractivity contribution < 1.29 is 9.90 Å². The molecule has 0 saturated heterocycles. The van der Waals surface area contributed by atoms with Crippen LogP contribution in [0.4, 0.5) is 0 Å². The van der Waals surface area contributed by atoms with Gasteiger partial charge in [-0.2, -0.15) is 5.10 Å². The van der Waals surface area contributed by atoms with E-state index in [9.17, 15) is 4.79 Å². The van der Waals surface area contributed by atoms with Gasteiger partial charge in [0.05, 0.1) is 5.56 Å². The van der Waals surface area contributed by atoms with Gasteiger partial charge in [0.15, 0.2) is 0 Å². The maximum atomic E-state index is 10.7. The summed E-state index contributed by atoms with van der Waals surface area (Å²) in [5.41, 5.74) is 0.625. The molecule has 0 aliphatic carbocycles. The summed E-state index contributed by atoms with van der Waals surface area (Å²) in [5, 5.41) is 12.8. The van der Waals surface area contributed by atoms with E-state index in [1.165, 1.54) is 18.3 Å². The number of aromatic nitrogens is 3. The zero-order chi connectivity index (χ0) is 12.1. The van der Waals surface area contributed by atoms with E-state index in [0.717, 1.165) is 0 Å². The maximum absolute atomic E-state index is 10.7. The molecular formula is C12H9N3O2. The van der Waals surface area contributed by atoms with Crippen LogP contribution in [0, 0.1) is 11.8 Å². The van der Waals surface area contributed by atoms with Crippen molar-refractivity contribution in [3.8, 4) is 11.8 Å². The Kier molecular flexibility index (Phi) is 3.17. The molecular weight excluding hydrogens is 218 g/mol. The molecule has 0 atom stereocenters. The van der Waals surface area contributed by atoms with Crippen LogP contribution in [0.3, 0.4) is 0 Å². The number of pyridine rings is 1. The number of aromatic carboxylic acids is 1. The Morgan fingerprint density at radius 2 is 2.35 bits per heavy atom. The molecule has 1 N–H and O–H groups in total. The van der Waals surface area contributed by atoms with Crippen LogP contribution in [0.25, 0.3) is 0 Å². The summed E-state index contributed by atoms with van der Waals surface area (Å²) < 4.78 is 1.67. The van der Waals surface area contributed by atoms with Crippen LogP contribution in [0.2, 0.25) is 0 Å². The third-order valence-electron chi connectivity index (χ3n) is 2.02. The first-order chi connectivity index (χ1) is 8.25. The highest BCUT2D eigenvalue weighted by molar-refractivity contribution is 5.87. The van der Waals surface area contributed by atoms with Gasteiger partial charge in [0.25, 0.3) is 0 Å². The molecule has 0 saturated carbocycles. The topological polar surface area (TPSA) is 68.0 Å². The van der Waals surface area contributed by atoms with Crippen molar-refractivity contribution in [2.45, 2.75) is 6.54 Å². The van der Waals surface area contributed by atoms with Crippen molar-refractivity contribution in [3.63, 3.8) is 0 Å². The highest BCUT2D eigenvalue weighted by atomic mass is 16.4. The first-order valence-corrected chi connectivity index (χ1v) is 4.91. The SMILES string of the molecule is O=C(O)c1ccnc(C#CCn2cccn2)c1. The Morgan fingerprint density at radius 3 is 3.06 bits per heavy atom. The predicted octanol–water partition coefficient (Wildman–Crippen LogP) is 1.03. The highest BCUT2D eigenvalue weighted by Crippen LogP contribution is 2.00. The lowest BCUT2D eigenvalue weighted by atomic mass is 10.2. The summed E-state index contributed by atoms with van der Waals surface area (Å²) in [7, 11) is 0. The van der Waals surface area contributed by atoms with Crippen molar-refractivity contribution >= 4 is 5.97 Å². The summed E-state index contributed by atoms with van der Waals surface area (Å²) in [6.45, 7) is 0.450. The summed E-state index contributed by atoms with van der Waals surface area (Å²) in [6, 6.07) is 4.68. The first kappa shape index (κ1) is 10.9. The van der Waals surface area contributed by atoms with Crippen molar-refractivity contribution in [1.82, 2.24) is 14.8 Å². The minimum Gasteiger partial charge on any atom is -0.478 e. The minimum absolute atomic E-state index is 0.184. The lowest BCUT2D eigenvalue weighted by Crippen LogP contribution is -1.98. The van der Waals surface area contributed by atoms with Crippen LogP contribution in [0.1, 0.15) is 16.1 Å². The lowest BCUT2D eigenvalue weighted by molar-refractivity contribution is 0.0696. The zero-order valence-corrected chi connectivity index (χ0v) is 8.87. The van der Waals surface area contributed by atoms with E-state index < -0.39 is 5.97 Å². The highest BCUT2D eigenvalue weighted by Gasteiger charge is 2.01. The smallest absolute Gasteiger partial charge is 0.335 e. The van der Waals surface area contributed by atoms with Gasteiger partial charge in [0, 0.05) is 18.6 Å². The average molecular weight is 227 g/mol. The molecule has 0 fully saturated rings. The second-order valence-electron chi connectivity index (χ2n) is 3.24. The molecule has 0 aromatic carbocycles. The fourth-order valence-corrected chi connectivity index (χ4v) is 1.24. The maximum Gasteiger partial charge on any atom is 0.335 e. The fraction of sp³-hybridized carbons (Fsp3) is 0.0833. The van der Waals surface area contributed by atoms with Gasteiger partial charge >= 0.3 is 5.97 Å². The lowest BCUT2D eigenvalue weighted by Gasteiger charge is -1.94. The summed E-state index contributed by atoms with van der Waals surface area (Å²) in [5.74, 6) is 4.67. The molecule has 0 radical (unpaired) electrons. The molecule has 2 rings (SSSR count). The van der Waals surface area contributed by atoms with Crippen molar-refractivity contribution in [1.29, 1.82) is 0 Å². The third kappa shape index (κ3) is 2.92. The number of carboxylic acid groups (broad SMARTS) is 1. The van der Waals surface area contributed by atoms with Crippen molar-refractivity contribution in [3.05, 3.63) is 48.0 Å². The van der Waals surface area contributed by atoms with Crippen LogP contribution < -0.4 is 0 Å². The Balaban J connectivity index is 2.11. The first-order valence-electron chi connectivity index (χ1n) is 4.91. The van der Waals surface area contributed by atoms with Crippen molar-refractivity contribution in [2.24, 2.45) is 0 Å². The Morgan fingerprint density at radius 1 is 1.47 bits per heavy atom. The van der Waals surface area contributed by atoms with Gasteiger partial charge in [0.1, 0.15) is 12.2 Å². The predicted molar refractivity (Wildman–Crippen MR) is 60.3 cm³/mol. The van der Waals surface area contributed by atoms with Crippen LogP contribution in [0.5, 0.6) is 0 Å². The quantitative estimate of drug-likeness (QED) is 0.778. The zero-order valence-electron chi connectivity index (χ0n) is 8.87. The van der Waals surface area contributed by atoms with E-state index >= 15 is 0 Å². The van der Waals surface area contributed by atoms with Gasteiger partial charge < -0.3 is 5.11 Å². The summed E-state index contributed by atoms with van der Waals surface area (Å²) in [4.78, 5) is 14.7. The van der Waals surface area contributed by atoms with Gasteiger partial charge in [-0.3, -0.25) is 4.68 Å². The molecule has 0 aliphatic heterocycles. The molecule has 0 aliphatic rings. The Labute approximate surface area is 97.7 Å². The van der Waals surface area contributed by atoms with E-state index in [1.807, 2.05) is 6.07 Å². The molecule has 2 aromatic rings. The van der Waals surface area contributed by atoms with E-state index in [4.69, 9.17) is 5.11 Å². The van der Waals surface area contributed by atoms with E-state index in [1.54, 1.807) is 17.1 Å². The molecule has 0 spiro atoms. The Bertz CT molecular complexity index is 579.